The Hall–Kier alpha value is -2.82. The number of carbonyl (C=O) groups is 1. The minimum absolute atomic E-state index is 0. The molecule has 0 unspecified atom stereocenters. The number of carbonyl (C=O) groups excluding carboxylic acids is 1. The monoisotopic (exact) mass is 436 g/mol. The first-order valence-electron chi connectivity index (χ1n) is 9.03. The number of nitrogens with zero attached hydrogens (tertiary/aromatic N) is 5. The van der Waals surface area contributed by atoms with Crippen LogP contribution in [0.4, 0.5) is 10.2 Å². The normalized spacial score (nSPS) is 16.0. The van der Waals surface area contributed by atoms with Gasteiger partial charge in [0.1, 0.15) is 22.4 Å². The highest BCUT2D eigenvalue weighted by Gasteiger charge is 2.30. The van der Waals surface area contributed by atoms with E-state index in [9.17, 15) is 9.18 Å². The van der Waals surface area contributed by atoms with Gasteiger partial charge in [0.25, 0.3) is 5.91 Å². The lowest BCUT2D eigenvalue weighted by molar-refractivity contribution is 0.0169. The molecule has 0 radical (unpaired) electrons. The predicted molar refractivity (Wildman–Crippen MR) is 109 cm³/mol. The Morgan fingerprint density at radius 2 is 2.27 bits per heavy atom. The Morgan fingerprint density at radius 1 is 1.43 bits per heavy atom. The maximum Gasteiger partial charge on any atom is 0.280 e. The molecule has 0 saturated carbocycles. The molecule has 1 aliphatic heterocycles. The van der Waals surface area contributed by atoms with Crippen molar-refractivity contribution in [3.05, 3.63) is 52.8 Å². The molecule has 0 aromatic carbocycles. The van der Waals surface area contributed by atoms with Crippen LogP contribution >= 0.6 is 11.6 Å². The molecule has 30 heavy (non-hydrogen) atoms. The van der Waals surface area contributed by atoms with Crippen LogP contribution in [0, 0.1) is 5.82 Å². The molecular weight excluding hydrogens is 415 g/mol. The highest BCUT2D eigenvalue weighted by atomic mass is 35.5. The lowest BCUT2D eigenvalue weighted by atomic mass is 10.1. The molecule has 0 aliphatic carbocycles. The largest absolute Gasteiger partial charge is 0.394 e. The van der Waals surface area contributed by atoms with E-state index in [-0.39, 0.29) is 37.4 Å². The molecule has 0 spiro atoms. The van der Waals surface area contributed by atoms with Crippen molar-refractivity contribution in [3.63, 3.8) is 0 Å². The Labute approximate surface area is 177 Å². The number of aliphatic hydroxyl groups excluding tert-OH is 1. The molecule has 3 aromatic rings. The lowest BCUT2D eigenvalue weighted by Crippen LogP contribution is -2.26. The topological polar surface area (TPSA) is 105 Å². The molecule has 160 valence electrons. The molecule has 9 nitrogen and oxygen atoms in total. The molecule has 1 atom stereocenters. The van der Waals surface area contributed by atoms with Crippen LogP contribution in [0.5, 0.6) is 0 Å². The molecule has 2 N–H and O–H groups in total. The van der Waals surface area contributed by atoms with Gasteiger partial charge in [0.2, 0.25) is 0 Å². The van der Waals surface area contributed by atoms with Crippen LogP contribution in [0.1, 0.15) is 42.2 Å². The summed E-state index contributed by atoms with van der Waals surface area (Å²) in [6.45, 7) is 0.461. The van der Waals surface area contributed by atoms with Gasteiger partial charge in [-0.25, -0.2) is 24.4 Å². The number of hydroxylamine groups is 1. The van der Waals surface area contributed by atoms with E-state index in [1.165, 1.54) is 16.8 Å². The zero-order chi connectivity index (χ0) is 20.4. The van der Waals surface area contributed by atoms with Crippen LogP contribution in [-0.2, 0) is 4.84 Å². The van der Waals surface area contributed by atoms with E-state index in [2.05, 4.69) is 20.5 Å². The van der Waals surface area contributed by atoms with Crippen LogP contribution in [0.3, 0.4) is 0 Å². The van der Waals surface area contributed by atoms with E-state index in [0.29, 0.717) is 23.6 Å². The quantitative estimate of drug-likeness (QED) is 0.347. The Bertz CT molecular complexity index is 1050. The second-order valence-electron chi connectivity index (χ2n) is 6.50. The summed E-state index contributed by atoms with van der Waals surface area (Å²) >= 11 is 6.21. The summed E-state index contributed by atoms with van der Waals surface area (Å²) < 4.78 is 15.2. The standard InChI is InChI=1S/C18H18ClFN6O3.CH4/c19-16-12(8-11(20)9-21-16)14-2-1-4-25(14)15-3-5-26-17(23-15)13(10-22-26)18(28)24-29-7-6-27;/h3,5,8-10,14,27H,1-2,4,6-7H2,(H,24,28);1H4/t14-;/m1./s1. The van der Waals surface area contributed by atoms with Gasteiger partial charge in [0.05, 0.1) is 31.6 Å². The highest BCUT2D eigenvalue weighted by molar-refractivity contribution is 6.30. The summed E-state index contributed by atoms with van der Waals surface area (Å²) in [6.07, 6.45) is 5.83. The van der Waals surface area contributed by atoms with Crippen molar-refractivity contribution >= 4 is 29.0 Å². The summed E-state index contributed by atoms with van der Waals surface area (Å²) in [5, 5.41) is 13.1. The fraction of sp³-hybridized carbons (Fsp3) is 0.368. The molecule has 0 bridgehead atoms. The van der Waals surface area contributed by atoms with Gasteiger partial charge in [-0.05, 0) is 25.0 Å². The maximum atomic E-state index is 13.7. The van der Waals surface area contributed by atoms with E-state index in [4.69, 9.17) is 21.5 Å². The van der Waals surface area contributed by atoms with E-state index in [1.54, 1.807) is 12.3 Å². The molecule has 1 saturated heterocycles. The van der Waals surface area contributed by atoms with Gasteiger partial charge in [0.15, 0.2) is 5.65 Å². The van der Waals surface area contributed by atoms with Crippen molar-refractivity contribution in [2.45, 2.75) is 26.3 Å². The summed E-state index contributed by atoms with van der Waals surface area (Å²) in [5.74, 6) is -0.350. The average molecular weight is 437 g/mol. The number of rotatable bonds is 6. The minimum atomic E-state index is -0.520. The number of aromatic nitrogens is 4. The zero-order valence-electron chi connectivity index (χ0n) is 15.3. The molecule has 1 amide bonds. The predicted octanol–water partition coefficient (Wildman–Crippen LogP) is 2.55. The fourth-order valence-electron chi connectivity index (χ4n) is 3.43. The van der Waals surface area contributed by atoms with Gasteiger partial charge >= 0.3 is 0 Å². The number of pyridine rings is 1. The highest BCUT2D eigenvalue weighted by Crippen LogP contribution is 2.38. The number of fused-ring (bicyclic) bond motifs is 1. The second-order valence-corrected chi connectivity index (χ2v) is 6.86. The molecular formula is C19H22ClFN6O3. The summed E-state index contributed by atoms with van der Waals surface area (Å²) in [4.78, 5) is 27.7. The number of halogens is 2. The first-order valence-corrected chi connectivity index (χ1v) is 9.41. The minimum Gasteiger partial charge on any atom is -0.394 e. The van der Waals surface area contributed by atoms with E-state index in [1.807, 2.05) is 4.90 Å². The Morgan fingerprint density at radius 3 is 3.07 bits per heavy atom. The van der Waals surface area contributed by atoms with Crippen molar-refractivity contribution in [1.29, 1.82) is 0 Å². The summed E-state index contributed by atoms with van der Waals surface area (Å²) in [5.41, 5.74) is 3.42. The Kier molecular flexibility index (Phi) is 6.80. The zero-order valence-corrected chi connectivity index (χ0v) is 16.0. The van der Waals surface area contributed by atoms with Gasteiger partial charge in [-0.3, -0.25) is 9.63 Å². The summed E-state index contributed by atoms with van der Waals surface area (Å²) in [7, 11) is 0. The van der Waals surface area contributed by atoms with Crippen molar-refractivity contribution in [2.24, 2.45) is 0 Å². The fourth-order valence-corrected chi connectivity index (χ4v) is 3.66. The third-order valence-corrected chi connectivity index (χ3v) is 5.01. The van der Waals surface area contributed by atoms with E-state index >= 15 is 0 Å². The first-order chi connectivity index (χ1) is 14.1. The van der Waals surface area contributed by atoms with Crippen LogP contribution in [0.2, 0.25) is 5.15 Å². The number of hydrogen-bond acceptors (Lipinski definition) is 7. The molecule has 3 aromatic heterocycles. The van der Waals surface area contributed by atoms with Crippen LogP contribution in [-0.4, -0.2) is 50.4 Å². The number of aliphatic hydroxyl groups is 1. The average Bonchev–Trinajstić information content (AvgIpc) is 3.36. The molecule has 4 heterocycles. The maximum absolute atomic E-state index is 13.7. The van der Waals surface area contributed by atoms with E-state index < -0.39 is 11.7 Å². The van der Waals surface area contributed by atoms with Crippen molar-refractivity contribution in [3.8, 4) is 0 Å². The third-order valence-electron chi connectivity index (χ3n) is 4.70. The van der Waals surface area contributed by atoms with Crippen LogP contribution in [0.15, 0.2) is 30.7 Å². The summed E-state index contributed by atoms with van der Waals surface area (Å²) in [6, 6.07) is 3.00. The molecule has 11 heteroatoms. The van der Waals surface area contributed by atoms with Gasteiger partial charge in [0, 0.05) is 18.3 Å². The molecule has 1 aliphatic rings. The third kappa shape index (κ3) is 4.20. The Balaban J connectivity index is 0.00000256. The van der Waals surface area contributed by atoms with Gasteiger partial charge < -0.3 is 10.0 Å². The number of nitrogens with one attached hydrogen (secondary N) is 1. The van der Waals surface area contributed by atoms with Crippen LogP contribution < -0.4 is 10.4 Å². The van der Waals surface area contributed by atoms with Crippen LogP contribution in [0.25, 0.3) is 5.65 Å². The van der Waals surface area contributed by atoms with Crippen molar-refractivity contribution in [1.82, 2.24) is 25.1 Å². The number of amides is 1. The number of anilines is 1. The SMILES string of the molecule is C.O=C(NOCCO)c1cnn2ccc(N3CCC[C@@H]3c3cc(F)cnc3Cl)nc12. The molecule has 4 rings (SSSR count). The molecule has 1 fully saturated rings. The number of hydrogen-bond donors (Lipinski definition) is 2. The second kappa shape index (κ2) is 9.33. The van der Waals surface area contributed by atoms with Gasteiger partial charge in [-0.2, -0.15) is 5.10 Å². The van der Waals surface area contributed by atoms with Gasteiger partial charge in [-0.15, -0.1) is 0 Å². The van der Waals surface area contributed by atoms with Gasteiger partial charge in [-0.1, -0.05) is 19.0 Å². The first kappa shape index (κ1) is 21.9. The smallest absolute Gasteiger partial charge is 0.280 e. The van der Waals surface area contributed by atoms with Crippen molar-refractivity contribution < 1.29 is 19.1 Å². The van der Waals surface area contributed by atoms with E-state index in [0.717, 1.165) is 19.0 Å². The lowest BCUT2D eigenvalue weighted by Gasteiger charge is -2.26. The van der Waals surface area contributed by atoms with Crippen molar-refractivity contribution in [2.75, 3.05) is 24.7 Å².